The van der Waals surface area contributed by atoms with Gasteiger partial charge in [-0.25, -0.2) is 4.39 Å². The van der Waals surface area contributed by atoms with E-state index in [0.29, 0.717) is 12.2 Å². The lowest BCUT2D eigenvalue weighted by Gasteiger charge is -2.15. The summed E-state index contributed by atoms with van der Waals surface area (Å²) in [5, 5.41) is 20.3. The van der Waals surface area contributed by atoms with E-state index in [1.807, 2.05) is 0 Å². The van der Waals surface area contributed by atoms with Crippen LogP contribution >= 0.6 is 0 Å². The Morgan fingerprint density at radius 1 is 1.36 bits per heavy atom. The highest BCUT2D eigenvalue weighted by molar-refractivity contribution is 5.23. The molecule has 0 heterocycles. The van der Waals surface area contributed by atoms with Gasteiger partial charge in [-0.3, -0.25) is 20.2 Å². The van der Waals surface area contributed by atoms with E-state index in [0.717, 1.165) is 0 Å². The summed E-state index contributed by atoms with van der Waals surface area (Å²) in [5.74, 6) is -5.13. The van der Waals surface area contributed by atoms with Gasteiger partial charge in [0.2, 0.25) is 5.83 Å². The summed E-state index contributed by atoms with van der Waals surface area (Å²) < 4.78 is 25.9. The van der Waals surface area contributed by atoms with Crippen molar-refractivity contribution in [1.29, 1.82) is 0 Å². The third-order valence-electron chi connectivity index (χ3n) is 1.73. The monoisotopic (exact) mass is 206 g/mol. The van der Waals surface area contributed by atoms with E-state index < -0.39 is 33.6 Å². The number of allylic oxidation sites excluding steroid dienone is 2. The largest absolute Gasteiger partial charge is 0.420 e. The maximum atomic E-state index is 13.2. The van der Waals surface area contributed by atoms with Crippen LogP contribution < -0.4 is 0 Å². The standard InChI is InChI=1S/C6H4F2N2O4/c7-5-2-1-4(9(11)12)3-6(5,8)10(13)14/h1-2H,3H2. The van der Waals surface area contributed by atoms with Crippen LogP contribution in [0.1, 0.15) is 6.42 Å². The molecule has 0 radical (unpaired) electrons. The maximum absolute atomic E-state index is 13.2. The van der Waals surface area contributed by atoms with Crippen LogP contribution in [0, 0.1) is 20.2 Å². The minimum atomic E-state index is -3.50. The van der Waals surface area contributed by atoms with Gasteiger partial charge in [-0.2, -0.15) is 4.39 Å². The highest BCUT2D eigenvalue weighted by Gasteiger charge is 2.53. The zero-order chi connectivity index (χ0) is 10.9. The van der Waals surface area contributed by atoms with Crippen LogP contribution in [0.15, 0.2) is 23.7 Å². The van der Waals surface area contributed by atoms with Gasteiger partial charge in [0.1, 0.15) is 6.42 Å². The van der Waals surface area contributed by atoms with E-state index in [9.17, 15) is 29.0 Å². The van der Waals surface area contributed by atoms with Crippen molar-refractivity contribution in [3.05, 3.63) is 43.9 Å². The Balaban J connectivity index is 3.09. The molecule has 1 rings (SSSR count). The Morgan fingerprint density at radius 3 is 2.36 bits per heavy atom. The molecule has 1 atom stereocenters. The van der Waals surface area contributed by atoms with Crippen LogP contribution in [-0.4, -0.2) is 15.6 Å². The molecule has 0 bridgehead atoms. The Bertz CT molecular complexity index is 365. The molecule has 0 saturated carbocycles. The zero-order valence-electron chi connectivity index (χ0n) is 6.65. The van der Waals surface area contributed by atoms with Gasteiger partial charge in [-0.1, -0.05) is 0 Å². The fraction of sp³-hybridized carbons (Fsp3) is 0.333. The third kappa shape index (κ3) is 1.45. The molecular formula is C6H4F2N2O4. The maximum Gasteiger partial charge on any atom is 0.420 e. The summed E-state index contributed by atoms with van der Waals surface area (Å²) in [6.45, 7) is 0. The molecule has 0 saturated heterocycles. The number of nitro groups is 2. The summed E-state index contributed by atoms with van der Waals surface area (Å²) in [7, 11) is 0. The average Bonchev–Trinajstić information content (AvgIpc) is 2.09. The third-order valence-corrected chi connectivity index (χ3v) is 1.73. The predicted octanol–water partition coefficient (Wildman–Crippen LogP) is 1.35. The SMILES string of the molecule is O=[N+]([O-])C1=CC=C(F)C(F)([N+](=O)[O-])C1. The van der Waals surface area contributed by atoms with Gasteiger partial charge < -0.3 is 0 Å². The quantitative estimate of drug-likeness (QED) is 0.387. The van der Waals surface area contributed by atoms with E-state index in [2.05, 4.69) is 0 Å². The first-order valence-corrected chi connectivity index (χ1v) is 3.42. The molecule has 1 aliphatic rings. The number of hydrogen-bond acceptors (Lipinski definition) is 4. The molecule has 14 heavy (non-hydrogen) atoms. The lowest BCUT2D eigenvalue weighted by atomic mass is 10.0. The van der Waals surface area contributed by atoms with Crippen LogP contribution in [0.4, 0.5) is 8.78 Å². The minimum absolute atomic E-state index is 0.393. The van der Waals surface area contributed by atoms with Crippen molar-refractivity contribution in [2.24, 2.45) is 0 Å². The van der Waals surface area contributed by atoms with Crippen molar-refractivity contribution < 1.29 is 18.6 Å². The van der Waals surface area contributed by atoms with E-state index in [-0.39, 0.29) is 0 Å². The molecule has 0 fully saturated rings. The van der Waals surface area contributed by atoms with Crippen molar-refractivity contribution in [2.45, 2.75) is 12.2 Å². The second kappa shape index (κ2) is 3.13. The van der Waals surface area contributed by atoms with Gasteiger partial charge in [0.15, 0.2) is 0 Å². The van der Waals surface area contributed by atoms with E-state index in [4.69, 9.17) is 0 Å². The van der Waals surface area contributed by atoms with Gasteiger partial charge in [0.25, 0.3) is 5.70 Å². The van der Waals surface area contributed by atoms with E-state index in [1.54, 1.807) is 0 Å². The van der Waals surface area contributed by atoms with Crippen molar-refractivity contribution in [3.8, 4) is 0 Å². The Morgan fingerprint density at radius 2 is 1.93 bits per heavy atom. The predicted molar refractivity (Wildman–Crippen MR) is 39.7 cm³/mol. The normalized spacial score (nSPS) is 26.4. The van der Waals surface area contributed by atoms with Crippen molar-refractivity contribution in [1.82, 2.24) is 0 Å². The second-order valence-corrected chi connectivity index (χ2v) is 2.62. The topological polar surface area (TPSA) is 86.3 Å². The first-order chi connectivity index (χ1) is 6.38. The Labute approximate surface area is 75.8 Å². The molecule has 0 spiro atoms. The number of hydrogen-bond donors (Lipinski definition) is 0. The number of rotatable bonds is 2. The minimum Gasteiger partial charge on any atom is -0.261 e. The van der Waals surface area contributed by atoms with Crippen LogP contribution in [0.25, 0.3) is 0 Å². The van der Waals surface area contributed by atoms with Crippen LogP contribution in [0.5, 0.6) is 0 Å². The molecule has 8 heteroatoms. The van der Waals surface area contributed by atoms with E-state index in [1.165, 1.54) is 0 Å². The first-order valence-electron chi connectivity index (χ1n) is 3.42. The summed E-state index contributed by atoms with van der Waals surface area (Å²) >= 11 is 0. The summed E-state index contributed by atoms with van der Waals surface area (Å²) in [4.78, 5) is 17.8. The van der Waals surface area contributed by atoms with Crippen molar-refractivity contribution in [2.75, 3.05) is 0 Å². The molecule has 0 aromatic rings. The molecule has 0 aromatic heterocycles. The smallest absolute Gasteiger partial charge is 0.261 e. The number of alkyl halides is 1. The lowest BCUT2D eigenvalue weighted by Crippen LogP contribution is -2.36. The Kier molecular flexibility index (Phi) is 2.28. The van der Waals surface area contributed by atoms with Gasteiger partial charge in [0, 0.05) is 6.08 Å². The molecule has 1 aliphatic carbocycles. The van der Waals surface area contributed by atoms with Gasteiger partial charge >= 0.3 is 5.79 Å². The van der Waals surface area contributed by atoms with E-state index >= 15 is 0 Å². The molecular weight excluding hydrogens is 202 g/mol. The second-order valence-electron chi connectivity index (χ2n) is 2.62. The van der Waals surface area contributed by atoms with Gasteiger partial charge in [-0.15, -0.1) is 0 Å². The molecule has 1 unspecified atom stereocenters. The lowest BCUT2D eigenvalue weighted by molar-refractivity contribution is -0.601. The fourth-order valence-electron chi connectivity index (χ4n) is 0.958. The van der Waals surface area contributed by atoms with Crippen LogP contribution in [-0.2, 0) is 0 Å². The molecule has 0 N–H and O–H groups in total. The number of nitrogens with zero attached hydrogens (tertiary/aromatic N) is 2. The molecule has 76 valence electrons. The number of halogens is 2. The highest BCUT2D eigenvalue weighted by Crippen LogP contribution is 2.34. The van der Waals surface area contributed by atoms with Crippen molar-refractivity contribution >= 4 is 0 Å². The molecule has 0 aromatic carbocycles. The molecule has 0 aliphatic heterocycles. The average molecular weight is 206 g/mol. The summed E-state index contributed by atoms with van der Waals surface area (Å²) in [6.07, 6.45) is -0.101. The molecule has 6 nitrogen and oxygen atoms in total. The van der Waals surface area contributed by atoms with Gasteiger partial charge in [-0.05, 0) is 6.08 Å². The summed E-state index contributed by atoms with van der Waals surface area (Å²) in [5.41, 5.74) is -0.731. The summed E-state index contributed by atoms with van der Waals surface area (Å²) in [6, 6.07) is 0. The zero-order valence-corrected chi connectivity index (χ0v) is 6.65. The van der Waals surface area contributed by atoms with Crippen LogP contribution in [0.3, 0.4) is 0 Å². The molecule has 0 amide bonds. The Hall–Kier alpha value is -1.86. The van der Waals surface area contributed by atoms with Crippen molar-refractivity contribution in [3.63, 3.8) is 0 Å². The van der Waals surface area contributed by atoms with Gasteiger partial charge in [0.05, 0.1) is 9.85 Å². The highest BCUT2D eigenvalue weighted by atomic mass is 19.2. The van der Waals surface area contributed by atoms with Crippen LogP contribution in [0.2, 0.25) is 0 Å². The first kappa shape index (κ1) is 10.2. The fourth-order valence-corrected chi connectivity index (χ4v) is 0.958.